The van der Waals surface area contributed by atoms with Gasteiger partial charge in [-0.25, -0.2) is 0 Å². The molecule has 1 aromatic rings. The zero-order valence-corrected chi connectivity index (χ0v) is 5.45. The van der Waals surface area contributed by atoms with Crippen molar-refractivity contribution in [2.45, 2.75) is 6.54 Å². The zero-order valence-electron chi connectivity index (χ0n) is 5.45. The summed E-state index contributed by atoms with van der Waals surface area (Å²) in [7, 11) is 0. The Morgan fingerprint density at radius 1 is 1.80 bits per heavy atom. The Morgan fingerprint density at radius 2 is 2.60 bits per heavy atom. The van der Waals surface area contributed by atoms with Crippen LogP contribution in [-0.2, 0) is 6.54 Å². The minimum Gasteiger partial charge on any atom is -0.334 e. The van der Waals surface area contributed by atoms with Gasteiger partial charge in [0.05, 0.1) is 12.2 Å². The van der Waals surface area contributed by atoms with Gasteiger partial charge in [0.2, 0.25) is 0 Å². The van der Waals surface area contributed by atoms with Crippen molar-refractivity contribution in [3.05, 3.63) is 24.0 Å². The summed E-state index contributed by atoms with van der Waals surface area (Å²) in [6, 6.07) is 3.52. The Morgan fingerprint density at radius 3 is 3.20 bits per heavy atom. The minimum atomic E-state index is 0.459. The largest absolute Gasteiger partial charge is 0.334 e. The highest BCUT2D eigenvalue weighted by Gasteiger charge is 1.94. The smallest absolute Gasteiger partial charge is 0.166 e. The number of aromatic nitrogens is 1. The van der Waals surface area contributed by atoms with Crippen LogP contribution in [-0.4, -0.2) is 10.9 Å². The van der Waals surface area contributed by atoms with Crippen LogP contribution in [0.25, 0.3) is 0 Å². The molecular formula is C8H7NO. The molecule has 10 heavy (non-hydrogen) atoms. The van der Waals surface area contributed by atoms with E-state index < -0.39 is 0 Å². The van der Waals surface area contributed by atoms with Gasteiger partial charge in [0.25, 0.3) is 0 Å². The maximum atomic E-state index is 10.3. The fourth-order valence-corrected chi connectivity index (χ4v) is 0.777. The number of rotatable bonds is 2. The average molecular weight is 133 g/mol. The molecule has 0 aliphatic carbocycles. The Balaban J connectivity index is 2.92. The van der Waals surface area contributed by atoms with E-state index in [9.17, 15) is 4.79 Å². The highest BCUT2D eigenvalue weighted by Crippen LogP contribution is 1.96. The summed E-state index contributed by atoms with van der Waals surface area (Å²) < 4.78 is 1.72. The van der Waals surface area contributed by atoms with Gasteiger partial charge in [-0.1, -0.05) is 5.92 Å². The molecule has 0 saturated carbocycles. The van der Waals surface area contributed by atoms with Gasteiger partial charge in [-0.2, -0.15) is 0 Å². The number of nitrogens with zero attached hydrogens (tertiary/aromatic N) is 1. The number of hydrogen-bond acceptors (Lipinski definition) is 1. The molecule has 0 aliphatic rings. The van der Waals surface area contributed by atoms with Gasteiger partial charge in [0, 0.05) is 6.20 Å². The molecule has 0 N–H and O–H groups in total. The summed E-state index contributed by atoms with van der Waals surface area (Å²) in [5, 5.41) is 0. The molecule has 0 radical (unpaired) electrons. The summed E-state index contributed by atoms with van der Waals surface area (Å²) >= 11 is 0. The fraction of sp³-hybridized carbons (Fsp3) is 0.125. The number of hydrogen-bond donors (Lipinski definition) is 0. The summed E-state index contributed by atoms with van der Waals surface area (Å²) in [5.41, 5.74) is 0.623. The second kappa shape index (κ2) is 2.88. The van der Waals surface area contributed by atoms with Gasteiger partial charge < -0.3 is 4.57 Å². The maximum absolute atomic E-state index is 10.3. The van der Waals surface area contributed by atoms with E-state index in [0.717, 1.165) is 6.29 Å². The molecule has 1 heterocycles. The van der Waals surface area contributed by atoms with Crippen molar-refractivity contribution in [2.24, 2.45) is 0 Å². The number of carbonyl (C=O) groups is 1. The first-order valence-electron chi connectivity index (χ1n) is 2.92. The standard InChI is InChI=1S/C8H7NO/c1-2-5-9-6-3-4-8(9)7-10/h1,3-4,6-7H,5H2. The lowest BCUT2D eigenvalue weighted by atomic mass is 10.5. The van der Waals surface area contributed by atoms with Crippen LogP contribution in [0.2, 0.25) is 0 Å². The highest BCUT2D eigenvalue weighted by atomic mass is 16.1. The molecule has 0 aliphatic heterocycles. The monoisotopic (exact) mass is 133 g/mol. The Bertz CT molecular complexity index is 267. The molecule has 0 spiro atoms. The minimum absolute atomic E-state index is 0.459. The molecular weight excluding hydrogens is 126 g/mol. The molecule has 2 nitrogen and oxygen atoms in total. The van der Waals surface area contributed by atoms with E-state index in [-0.39, 0.29) is 0 Å². The maximum Gasteiger partial charge on any atom is 0.166 e. The van der Waals surface area contributed by atoms with Crippen LogP contribution in [0.3, 0.4) is 0 Å². The lowest BCUT2D eigenvalue weighted by Crippen LogP contribution is -1.97. The van der Waals surface area contributed by atoms with E-state index in [0.29, 0.717) is 12.2 Å². The topological polar surface area (TPSA) is 22.0 Å². The van der Waals surface area contributed by atoms with E-state index in [2.05, 4.69) is 5.92 Å². The third kappa shape index (κ3) is 1.08. The predicted octanol–water partition coefficient (Wildman–Crippen LogP) is 0.934. The van der Waals surface area contributed by atoms with Crippen molar-refractivity contribution in [2.75, 3.05) is 0 Å². The Hall–Kier alpha value is -1.49. The summed E-state index contributed by atoms with van der Waals surface area (Å²) in [6.07, 6.45) is 7.63. The van der Waals surface area contributed by atoms with Gasteiger partial charge in [0.15, 0.2) is 6.29 Å². The van der Waals surface area contributed by atoms with Gasteiger partial charge >= 0.3 is 0 Å². The van der Waals surface area contributed by atoms with E-state index in [1.165, 1.54) is 0 Å². The van der Waals surface area contributed by atoms with E-state index >= 15 is 0 Å². The van der Waals surface area contributed by atoms with Crippen LogP contribution >= 0.6 is 0 Å². The normalized spacial score (nSPS) is 8.70. The third-order valence-corrected chi connectivity index (χ3v) is 1.25. The fourth-order valence-electron chi connectivity index (χ4n) is 0.777. The second-order valence-electron chi connectivity index (χ2n) is 1.88. The number of terminal acetylenes is 1. The van der Waals surface area contributed by atoms with Crippen molar-refractivity contribution in [1.29, 1.82) is 0 Å². The predicted molar refractivity (Wildman–Crippen MR) is 38.7 cm³/mol. The van der Waals surface area contributed by atoms with Crippen LogP contribution in [0.15, 0.2) is 18.3 Å². The molecule has 0 atom stereocenters. The molecule has 1 aromatic heterocycles. The molecule has 50 valence electrons. The van der Waals surface area contributed by atoms with Crippen LogP contribution in [0.4, 0.5) is 0 Å². The SMILES string of the molecule is C#CCn1cccc1C=O. The van der Waals surface area contributed by atoms with Gasteiger partial charge in [-0.3, -0.25) is 4.79 Å². The van der Waals surface area contributed by atoms with Crippen molar-refractivity contribution in [3.8, 4) is 12.3 Å². The van der Waals surface area contributed by atoms with E-state index in [1.807, 2.05) is 0 Å². The average Bonchev–Trinajstić information content (AvgIpc) is 2.36. The van der Waals surface area contributed by atoms with Gasteiger partial charge in [0.1, 0.15) is 0 Å². The summed E-state index contributed by atoms with van der Waals surface area (Å²) in [4.78, 5) is 10.3. The third-order valence-electron chi connectivity index (χ3n) is 1.25. The molecule has 0 saturated heterocycles. The van der Waals surface area contributed by atoms with E-state index in [4.69, 9.17) is 6.42 Å². The molecule has 0 bridgehead atoms. The van der Waals surface area contributed by atoms with Crippen LogP contribution in [0, 0.1) is 12.3 Å². The lowest BCUT2D eigenvalue weighted by Gasteiger charge is -1.95. The zero-order chi connectivity index (χ0) is 7.40. The van der Waals surface area contributed by atoms with Gasteiger partial charge in [-0.05, 0) is 12.1 Å². The first-order valence-corrected chi connectivity index (χ1v) is 2.92. The van der Waals surface area contributed by atoms with Crippen LogP contribution in [0.1, 0.15) is 10.5 Å². The lowest BCUT2D eigenvalue weighted by molar-refractivity contribution is 0.111. The van der Waals surface area contributed by atoms with Crippen LogP contribution < -0.4 is 0 Å². The molecule has 2 heteroatoms. The highest BCUT2D eigenvalue weighted by molar-refractivity contribution is 5.72. The quantitative estimate of drug-likeness (QED) is 0.434. The second-order valence-corrected chi connectivity index (χ2v) is 1.88. The Kier molecular flexibility index (Phi) is 1.91. The van der Waals surface area contributed by atoms with Gasteiger partial charge in [-0.15, -0.1) is 6.42 Å². The van der Waals surface area contributed by atoms with Crippen molar-refractivity contribution in [1.82, 2.24) is 4.57 Å². The van der Waals surface area contributed by atoms with Crippen molar-refractivity contribution >= 4 is 6.29 Å². The van der Waals surface area contributed by atoms with Crippen molar-refractivity contribution < 1.29 is 4.79 Å². The van der Waals surface area contributed by atoms with Crippen LogP contribution in [0.5, 0.6) is 0 Å². The number of carbonyl (C=O) groups excluding carboxylic acids is 1. The Labute approximate surface area is 59.5 Å². The molecule has 0 aromatic carbocycles. The number of aldehydes is 1. The first kappa shape index (κ1) is 6.63. The molecule has 0 unspecified atom stereocenters. The summed E-state index contributed by atoms with van der Waals surface area (Å²) in [5.74, 6) is 2.45. The molecule has 0 fully saturated rings. The molecule has 1 rings (SSSR count). The first-order chi connectivity index (χ1) is 4.88. The van der Waals surface area contributed by atoms with E-state index in [1.54, 1.807) is 22.9 Å². The molecule has 0 amide bonds. The summed E-state index contributed by atoms with van der Waals surface area (Å²) in [6.45, 7) is 0.459. The van der Waals surface area contributed by atoms with Crippen molar-refractivity contribution in [3.63, 3.8) is 0 Å².